The summed E-state index contributed by atoms with van der Waals surface area (Å²) in [5.74, 6) is 0.956. The van der Waals surface area contributed by atoms with Crippen LogP contribution in [0.5, 0.6) is 11.5 Å². The first-order valence-corrected chi connectivity index (χ1v) is 9.44. The molecule has 0 radical (unpaired) electrons. The Morgan fingerprint density at radius 3 is 2.57 bits per heavy atom. The minimum atomic E-state index is -0.368. The Kier molecular flexibility index (Phi) is 6.19. The Morgan fingerprint density at radius 2 is 1.89 bits per heavy atom. The van der Waals surface area contributed by atoms with Gasteiger partial charge in [-0.1, -0.05) is 18.2 Å². The van der Waals surface area contributed by atoms with E-state index in [1.165, 1.54) is 0 Å². The number of hydrogen-bond acceptors (Lipinski definition) is 4. The molecular formula is C22H26N2O4. The van der Waals surface area contributed by atoms with E-state index in [-0.39, 0.29) is 30.3 Å². The van der Waals surface area contributed by atoms with E-state index in [9.17, 15) is 9.59 Å². The molecule has 3 rings (SSSR count). The fraction of sp³-hybridized carbons (Fsp3) is 0.364. The van der Waals surface area contributed by atoms with E-state index in [1.54, 1.807) is 12.0 Å². The first-order valence-electron chi connectivity index (χ1n) is 9.44. The van der Waals surface area contributed by atoms with Crippen LogP contribution in [0.2, 0.25) is 0 Å². The van der Waals surface area contributed by atoms with Gasteiger partial charge in [0.15, 0.2) is 0 Å². The number of carbonyl (C=O) groups is 2. The Balaban J connectivity index is 1.60. The van der Waals surface area contributed by atoms with Crippen molar-refractivity contribution in [1.29, 1.82) is 0 Å². The average molecular weight is 382 g/mol. The molecule has 1 aliphatic rings. The van der Waals surface area contributed by atoms with E-state index >= 15 is 0 Å². The number of anilines is 1. The number of amides is 2. The first-order chi connectivity index (χ1) is 13.5. The van der Waals surface area contributed by atoms with Crippen LogP contribution in [0, 0.1) is 5.92 Å². The van der Waals surface area contributed by atoms with Crippen molar-refractivity contribution in [3.63, 3.8) is 0 Å². The molecule has 0 aliphatic carbocycles. The molecule has 6 heteroatoms. The standard InChI is InChI=1S/C22H26N2O4/c1-15(2)28-20-7-5-4-6-16(20)13-23-22(26)17-12-21(25)24(14-17)18-8-10-19(27-3)11-9-18/h4-11,15,17H,12-14H2,1-3H3,(H,23,26)/t17-/m0/s1. The molecule has 28 heavy (non-hydrogen) atoms. The number of rotatable bonds is 7. The van der Waals surface area contributed by atoms with Crippen LogP contribution in [-0.2, 0) is 16.1 Å². The zero-order chi connectivity index (χ0) is 20.1. The molecule has 2 aromatic carbocycles. The number of nitrogens with zero attached hydrogens (tertiary/aromatic N) is 1. The SMILES string of the molecule is COc1ccc(N2C[C@@H](C(=O)NCc3ccccc3OC(C)C)CC2=O)cc1. The second-order valence-corrected chi connectivity index (χ2v) is 7.10. The van der Waals surface area contributed by atoms with Crippen molar-refractivity contribution in [3.8, 4) is 11.5 Å². The van der Waals surface area contributed by atoms with Crippen LogP contribution in [0.15, 0.2) is 48.5 Å². The largest absolute Gasteiger partial charge is 0.497 e. The predicted octanol–water partition coefficient (Wildman–Crippen LogP) is 3.15. The lowest BCUT2D eigenvalue weighted by Crippen LogP contribution is -2.32. The van der Waals surface area contributed by atoms with Crippen molar-refractivity contribution in [3.05, 3.63) is 54.1 Å². The van der Waals surface area contributed by atoms with Crippen LogP contribution in [0.25, 0.3) is 0 Å². The van der Waals surface area contributed by atoms with Crippen molar-refractivity contribution < 1.29 is 19.1 Å². The molecule has 1 atom stereocenters. The topological polar surface area (TPSA) is 67.9 Å². The zero-order valence-electron chi connectivity index (χ0n) is 16.5. The van der Waals surface area contributed by atoms with Crippen molar-refractivity contribution in [2.24, 2.45) is 5.92 Å². The van der Waals surface area contributed by atoms with Crippen molar-refractivity contribution >= 4 is 17.5 Å². The quantitative estimate of drug-likeness (QED) is 0.799. The number of ether oxygens (including phenoxy) is 2. The lowest BCUT2D eigenvalue weighted by molar-refractivity contribution is -0.126. The third-order valence-corrected chi connectivity index (χ3v) is 4.67. The summed E-state index contributed by atoms with van der Waals surface area (Å²) in [4.78, 5) is 26.7. The van der Waals surface area contributed by atoms with E-state index in [0.29, 0.717) is 13.1 Å². The van der Waals surface area contributed by atoms with Gasteiger partial charge in [0.25, 0.3) is 0 Å². The summed E-state index contributed by atoms with van der Waals surface area (Å²) in [5, 5.41) is 2.95. The van der Waals surface area contributed by atoms with Crippen molar-refractivity contribution in [1.82, 2.24) is 5.32 Å². The minimum Gasteiger partial charge on any atom is -0.497 e. The molecule has 1 heterocycles. The number of benzene rings is 2. The van der Waals surface area contributed by atoms with Crippen LogP contribution >= 0.6 is 0 Å². The molecule has 0 spiro atoms. The van der Waals surface area contributed by atoms with Gasteiger partial charge in [0.2, 0.25) is 11.8 Å². The zero-order valence-corrected chi connectivity index (χ0v) is 16.5. The van der Waals surface area contributed by atoms with Crippen molar-refractivity contribution in [2.75, 3.05) is 18.6 Å². The fourth-order valence-electron chi connectivity index (χ4n) is 3.24. The minimum absolute atomic E-state index is 0.0474. The number of carbonyl (C=O) groups excluding carboxylic acids is 2. The molecule has 0 saturated carbocycles. The first kappa shape index (κ1) is 19.7. The average Bonchev–Trinajstić information content (AvgIpc) is 3.08. The van der Waals surface area contributed by atoms with Gasteiger partial charge in [0.1, 0.15) is 11.5 Å². The van der Waals surface area contributed by atoms with E-state index in [4.69, 9.17) is 9.47 Å². The predicted molar refractivity (Wildman–Crippen MR) is 108 cm³/mol. The number of para-hydroxylation sites is 1. The van der Waals surface area contributed by atoms with Gasteiger partial charge in [-0.05, 0) is 44.2 Å². The monoisotopic (exact) mass is 382 g/mol. The molecule has 0 unspecified atom stereocenters. The molecular weight excluding hydrogens is 356 g/mol. The smallest absolute Gasteiger partial charge is 0.227 e. The normalized spacial score (nSPS) is 16.4. The van der Waals surface area contributed by atoms with E-state index in [0.717, 1.165) is 22.7 Å². The molecule has 1 aliphatic heterocycles. The maximum atomic E-state index is 12.6. The highest BCUT2D eigenvalue weighted by Crippen LogP contribution is 2.27. The van der Waals surface area contributed by atoms with Crippen molar-refractivity contribution in [2.45, 2.75) is 32.9 Å². The van der Waals surface area contributed by atoms with Gasteiger partial charge in [0, 0.05) is 30.8 Å². The summed E-state index contributed by atoms with van der Waals surface area (Å²) in [6.07, 6.45) is 0.268. The van der Waals surface area contributed by atoms with Gasteiger partial charge in [0.05, 0.1) is 19.1 Å². The maximum Gasteiger partial charge on any atom is 0.227 e. The summed E-state index contributed by atoms with van der Waals surface area (Å²) >= 11 is 0. The fourth-order valence-corrected chi connectivity index (χ4v) is 3.24. The second-order valence-electron chi connectivity index (χ2n) is 7.10. The van der Waals surface area contributed by atoms with E-state index < -0.39 is 0 Å². The van der Waals surface area contributed by atoms with Crippen LogP contribution < -0.4 is 19.7 Å². The lowest BCUT2D eigenvalue weighted by atomic mass is 10.1. The van der Waals surface area contributed by atoms with E-state index in [2.05, 4.69) is 5.32 Å². The van der Waals surface area contributed by atoms with Gasteiger partial charge in [-0.2, -0.15) is 0 Å². The second kappa shape index (κ2) is 8.78. The summed E-state index contributed by atoms with van der Waals surface area (Å²) in [5.41, 5.74) is 1.69. The summed E-state index contributed by atoms with van der Waals surface area (Å²) < 4.78 is 10.9. The lowest BCUT2D eigenvalue weighted by Gasteiger charge is -2.18. The molecule has 0 aromatic heterocycles. The third-order valence-electron chi connectivity index (χ3n) is 4.67. The molecule has 0 bridgehead atoms. The van der Waals surface area contributed by atoms with Gasteiger partial charge < -0.3 is 19.7 Å². The number of methoxy groups -OCH3 is 1. The molecule has 2 aromatic rings. The van der Waals surface area contributed by atoms with E-state index in [1.807, 2.05) is 62.4 Å². The Bertz CT molecular complexity index is 833. The number of hydrogen-bond donors (Lipinski definition) is 1. The molecule has 6 nitrogen and oxygen atoms in total. The van der Waals surface area contributed by atoms with Gasteiger partial charge in [-0.25, -0.2) is 0 Å². The van der Waals surface area contributed by atoms with Crippen LogP contribution in [0.1, 0.15) is 25.8 Å². The Labute approximate surface area is 165 Å². The molecule has 1 saturated heterocycles. The van der Waals surface area contributed by atoms with Crippen LogP contribution in [-0.4, -0.2) is 31.6 Å². The summed E-state index contributed by atoms with van der Waals surface area (Å²) in [7, 11) is 1.60. The summed E-state index contributed by atoms with van der Waals surface area (Å²) in [6.45, 7) is 4.68. The third kappa shape index (κ3) is 4.63. The maximum absolute atomic E-state index is 12.6. The van der Waals surface area contributed by atoms with Gasteiger partial charge in [-0.3, -0.25) is 9.59 Å². The highest BCUT2D eigenvalue weighted by molar-refractivity contribution is 6.00. The Hall–Kier alpha value is -3.02. The highest BCUT2D eigenvalue weighted by atomic mass is 16.5. The van der Waals surface area contributed by atoms with Crippen LogP contribution in [0.3, 0.4) is 0 Å². The molecule has 148 valence electrons. The van der Waals surface area contributed by atoms with Crippen LogP contribution in [0.4, 0.5) is 5.69 Å². The number of nitrogens with one attached hydrogen (secondary N) is 1. The molecule has 1 N–H and O–H groups in total. The highest BCUT2D eigenvalue weighted by Gasteiger charge is 2.35. The summed E-state index contributed by atoms with van der Waals surface area (Å²) in [6, 6.07) is 14.9. The Morgan fingerprint density at radius 1 is 1.18 bits per heavy atom. The van der Waals surface area contributed by atoms with Gasteiger partial charge in [-0.15, -0.1) is 0 Å². The van der Waals surface area contributed by atoms with Gasteiger partial charge >= 0.3 is 0 Å². The molecule has 2 amide bonds. The molecule has 1 fully saturated rings.